The van der Waals surface area contributed by atoms with E-state index in [9.17, 15) is 4.79 Å². The third-order valence-electron chi connectivity index (χ3n) is 4.11. The van der Waals surface area contributed by atoms with Crippen molar-refractivity contribution in [3.63, 3.8) is 0 Å². The molecule has 160 valence electrons. The lowest BCUT2D eigenvalue weighted by Crippen LogP contribution is -2.24. The third-order valence-corrected chi connectivity index (χ3v) is 7.32. The molecule has 0 atom stereocenters. The minimum absolute atomic E-state index is 0.403. The van der Waals surface area contributed by atoms with Gasteiger partial charge in [-0.05, 0) is 134 Å². The molecule has 0 aromatic heterocycles. The molecule has 3 aromatic carbocycles. The van der Waals surface area contributed by atoms with Crippen LogP contribution in [0.4, 0.5) is 10.5 Å². The summed E-state index contributed by atoms with van der Waals surface area (Å²) in [4.78, 5) is 12.1. The van der Waals surface area contributed by atoms with Gasteiger partial charge in [0.25, 0.3) is 0 Å². The predicted octanol–water partition coefficient (Wildman–Crippen LogP) is 7.31. The normalized spacial score (nSPS) is 10.9. The summed E-state index contributed by atoms with van der Waals surface area (Å²) in [5, 5.41) is 6.80. The molecule has 0 spiro atoms. The fourth-order valence-corrected chi connectivity index (χ4v) is 5.31. The van der Waals surface area contributed by atoms with E-state index in [-0.39, 0.29) is 0 Å². The van der Waals surface area contributed by atoms with Crippen LogP contribution in [-0.2, 0) is 6.61 Å². The van der Waals surface area contributed by atoms with E-state index in [1.807, 2.05) is 37.3 Å². The van der Waals surface area contributed by atoms with E-state index in [1.165, 1.54) is 3.57 Å². The molecular weight excluding hydrogens is 799 g/mol. The SMILES string of the molecule is Cc1cc(NC(=O)N/N=C/c2cc(I)c(OCc3ccc(I)cc3)c(I)c2)ccc1Br. The maximum absolute atomic E-state index is 12.1. The van der Waals surface area contributed by atoms with Gasteiger partial charge in [0.05, 0.1) is 13.4 Å². The Labute approximate surface area is 230 Å². The topological polar surface area (TPSA) is 62.7 Å². The van der Waals surface area contributed by atoms with Crippen molar-refractivity contribution in [2.24, 2.45) is 5.10 Å². The van der Waals surface area contributed by atoms with Gasteiger partial charge in [0.1, 0.15) is 12.4 Å². The minimum atomic E-state index is -0.403. The van der Waals surface area contributed by atoms with E-state index in [0.29, 0.717) is 12.3 Å². The molecule has 2 N–H and O–H groups in total. The number of ether oxygens (including phenoxy) is 1. The first-order chi connectivity index (χ1) is 14.8. The van der Waals surface area contributed by atoms with Gasteiger partial charge in [0.2, 0.25) is 0 Å². The van der Waals surface area contributed by atoms with Crippen LogP contribution < -0.4 is 15.5 Å². The highest BCUT2D eigenvalue weighted by Gasteiger charge is 2.09. The Bertz CT molecular complexity index is 1100. The number of carbonyl (C=O) groups is 1. The standard InChI is InChI=1S/C22H17BrI3N3O2/c1-13-8-17(6-7-18(13)23)28-22(30)29-27-11-15-9-19(25)21(20(26)10-15)31-12-14-2-4-16(24)5-3-14/h2-11H,12H2,1H3,(H2,28,29,30)/b27-11+. The van der Waals surface area contributed by atoms with Gasteiger partial charge in [-0.2, -0.15) is 5.10 Å². The largest absolute Gasteiger partial charge is 0.487 e. The molecular formula is C22H17BrI3N3O2. The van der Waals surface area contributed by atoms with Gasteiger partial charge >= 0.3 is 6.03 Å². The lowest BCUT2D eigenvalue weighted by molar-refractivity contribution is 0.252. The average Bonchev–Trinajstić information content (AvgIpc) is 2.71. The first kappa shape index (κ1) is 24.7. The number of hydrogen-bond donors (Lipinski definition) is 2. The van der Waals surface area contributed by atoms with Gasteiger partial charge < -0.3 is 10.1 Å². The fraction of sp³-hybridized carbons (Fsp3) is 0.0909. The number of urea groups is 1. The number of amides is 2. The zero-order valence-corrected chi connectivity index (χ0v) is 24.3. The monoisotopic (exact) mass is 815 g/mol. The molecule has 0 aliphatic rings. The quantitative estimate of drug-likeness (QED) is 0.156. The fourth-order valence-electron chi connectivity index (χ4n) is 2.57. The molecule has 5 nitrogen and oxygen atoms in total. The van der Waals surface area contributed by atoms with Gasteiger partial charge in [-0.3, -0.25) is 0 Å². The van der Waals surface area contributed by atoms with Crippen molar-refractivity contribution in [3.05, 3.63) is 86.5 Å². The summed E-state index contributed by atoms with van der Waals surface area (Å²) >= 11 is 10.2. The molecule has 0 saturated carbocycles. The van der Waals surface area contributed by atoms with Crippen LogP contribution in [0.2, 0.25) is 0 Å². The highest BCUT2D eigenvalue weighted by Crippen LogP contribution is 2.29. The van der Waals surface area contributed by atoms with Crippen molar-refractivity contribution in [3.8, 4) is 5.75 Å². The zero-order valence-electron chi connectivity index (χ0n) is 16.3. The summed E-state index contributed by atoms with van der Waals surface area (Å²) < 4.78 is 10.2. The highest BCUT2D eigenvalue weighted by atomic mass is 127. The molecule has 3 rings (SSSR count). The summed E-state index contributed by atoms with van der Waals surface area (Å²) in [6.45, 7) is 2.47. The van der Waals surface area contributed by atoms with Crippen LogP contribution in [0.3, 0.4) is 0 Å². The van der Waals surface area contributed by atoms with E-state index < -0.39 is 6.03 Å². The molecule has 0 fully saturated rings. The second-order valence-corrected chi connectivity index (χ2v) is 10.9. The summed E-state index contributed by atoms with van der Waals surface area (Å²) in [5.74, 6) is 0.841. The average molecular weight is 816 g/mol. The van der Waals surface area contributed by atoms with Crippen LogP contribution in [0.1, 0.15) is 16.7 Å². The first-order valence-corrected chi connectivity index (χ1v) is 13.1. The van der Waals surface area contributed by atoms with Crippen LogP contribution in [-0.4, -0.2) is 12.2 Å². The van der Waals surface area contributed by atoms with Crippen molar-refractivity contribution in [2.45, 2.75) is 13.5 Å². The summed E-state index contributed by atoms with van der Waals surface area (Å²) in [6, 6.07) is 17.4. The molecule has 0 aliphatic carbocycles. The van der Waals surface area contributed by atoms with E-state index in [0.717, 1.165) is 34.1 Å². The van der Waals surface area contributed by atoms with Gasteiger partial charge in [-0.25, -0.2) is 10.2 Å². The number of nitrogens with zero attached hydrogens (tertiary/aromatic N) is 1. The van der Waals surface area contributed by atoms with E-state index in [1.54, 1.807) is 6.21 Å². The van der Waals surface area contributed by atoms with Crippen LogP contribution >= 0.6 is 83.7 Å². The molecule has 2 amide bonds. The molecule has 3 aromatic rings. The number of benzene rings is 3. The molecule has 0 aliphatic heterocycles. The number of aryl methyl sites for hydroxylation is 1. The smallest absolute Gasteiger partial charge is 0.339 e. The zero-order chi connectivity index (χ0) is 22.4. The second-order valence-electron chi connectivity index (χ2n) is 6.52. The van der Waals surface area contributed by atoms with Crippen LogP contribution in [0.5, 0.6) is 5.75 Å². The van der Waals surface area contributed by atoms with Crippen molar-refractivity contribution in [1.82, 2.24) is 5.43 Å². The van der Waals surface area contributed by atoms with Crippen molar-refractivity contribution < 1.29 is 9.53 Å². The van der Waals surface area contributed by atoms with Gasteiger partial charge in [-0.1, -0.05) is 28.1 Å². The Kier molecular flexibility index (Phi) is 9.40. The number of anilines is 1. The highest BCUT2D eigenvalue weighted by molar-refractivity contribution is 14.1. The number of rotatable bonds is 6. The molecule has 0 unspecified atom stereocenters. The Morgan fingerprint density at radius 2 is 1.74 bits per heavy atom. The maximum Gasteiger partial charge on any atom is 0.339 e. The Balaban J connectivity index is 1.58. The number of hydrazone groups is 1. The third kappa shape index (κ3) is 7.56. The Hall–Kier alpha value is -0.930. The van der Waals surface area contributed by atoms with E-state index >= 15 is 0 Å². The summed E-state index contributed by atoms with van der Waals surface area (Å²) in [7, 11) is 0. The van der Waals surface area contributed by atoms with Crippen LogP contribution in [0.25, 0.3) is 0 Å². The molecule has 9 heteroatoms. The van der Waals surface area contributed by atoms with Crippen molar-refractivity contribution in [1.29, 1.82) is 0 Å². The number of hydrogen-bond acceptors (Lipinski definition) is 3. The summed E-state index contributed by atoms with van der Waals surface area (Å²) in [6.07, 6.45) is 1.61. The van der Waals surface area contributed by atoms with Crippen LogP contribution in [0.15, 0.2) is 64.2 Å². The van der Waals surface area contributed by atoms with Gasteiger partial charge in [0, 0.05) is 13.7 Å². The van der Waals surface area contributed by atoms with Crippen LogP contribution in [0, 0.1) is 17.6 Å². The maximum atomic E-state index is 12.1. The summed E-state index contributed by atoms with van der Waals surface area (Å²) in [5.41, 5.74) is 6.22. The molecule has 0 heterocycles. The second kappa shape index (κ2) is 11.8. The van der Waals surface area contributed by atoms with Gasteiger partial charge in [-0.15, -0.1) is 0 Å². The molecule has 31 heavy (non-hydrogen) atoms. The Morgan fingerprint density at radius 1 is 1.06 bits per heavy atom. The molecule has 0 radical (unpaired) electrons. The van der Waals surface area contributed by atoms with Crippen molar-refractivity contribution in [2.75, 3.05) is 5.32 Å². The lowest BCUT2D eigenvalue weighted by Gasteiger charge is -2.11. The van der Waals surface area contributed by atoms with E-state index in [2.05, 4.69) is 124 Å². The van der Waals surface area contributed by atoms with Crippen molar-refractivity contribution >= 4 is 102 Å². The number of nitrogens with one attached hydrogen (secondary N) is 2. The first-order valence-electron chi connectivity index (χ1n) is 9.04. The minimum Gasteiger partial charge on any atom is -0.487 e. The molecule has 0 bridgehead atoms. The lowest BCUT2D eigenvalue weighted by atomic mass is 10.2. The number of carbonyl (C=O) groups excluding carboxylic acids is 1. The van der Waals surface area contributed by atoms with Gasteiger partial charge in [0.15, 0.2) is 0 Å². The predicted molar refractivity (Wildman–Crippen MR) is 154 cm³/mol. The molecule has 0 saturated heterocycles. The Morgan fingerprint density at radius 3 is 2.39 bits per heavy atom. The van der Waals surface area contributed by atoms with E-state index in [4.69, 9.17) is 4.74 Å². The number of halogens is 4.